The van der Waals surface area contributed by atoms with Gasteiger partial charge in [0.05, 0.1) is 19.1 Å². The Labute approximate surface area is 195 Å². The number of hydrazone groups is 1. The van der Waals surface area contributed by atoms with Gasteiger partial charge in [-0.3, -0.25) is 18.7 Å². The number of fused-ring (bicyclic) bond motifs is 1. The number of nitrogens with zero attached hydrogens (tertiary/aromatic N) is 5. The highest BCUT2D eigenvalue weighted by molar-refractivity contribution is 9.10. The number of carbonyl (C=O) groups excluding carboxylic acids is 2. The largest absolute Gasteiger partial charge is 0.481 e. The molecule has 0 saturated heterocycles. The van der Waals surface area contributed by atoms with Crippen molar-refractivity contribution in [1.82, 2.24) is 24.1 Å². The lowest BCUT2D eigenvalue weighted by Crippen LogP contribution is -2.37. The van der Waals surface area contributed by atoms with E-state index in [0.29, 0.717) is 11.3 Å². The molecule has 3 aromatic rings. The van der Waals surface area contributed by atoms with E-state index in [0.717, 1.165) is 9.04 Å². The minimum atomic E-state index is -0.546. The van der Waals surface area contributed by atoms with Crippen molar-refractivity contribution in [2.45, 2.75) is 13.5 Å². The molecule has 0 spiro atoms. The average Bonchev–Trinajstić information content (AvgIpc) is 3.19. The van der Waals surface area contributed by atoms with E-state index in [9.17, 15) is 19.2 Å². The normalized spacial score (nSPS) is 11.2. The van der Waals surface area contributed by atoms with Crippen LogP contribution in [0.15, 0.2) is 43.7 Å². The number of amides is 1. The predicted octanol–water partition coefficient (Wildman–Crippen LogP) is 0.288. The van der Waals surface area contributed by atoms with Gasteiger partial charge in [-0.1, -0.05) is 15.9 Å². The van der Waals surface area contributed by atoms with Crippen molar-refractivity contribution in [3.63, 3.8) is 0 Å². The summed E-state index contributed by atoms with van der Waals surface area (Å²) < 4.78 is 14.6. The SMILES string of the molecule is CCOC(=O)COc1ccc(Br)cc1C=NNC(=O)Cn1cnc2c(=O)n(C)c(=O)n(C)c21. The number of halogens is 1. The van der Waals surface area contributed by atoms with Crippen LogP contribution in [-0.4, -0.2) is 50.0 Å². The first-order chi connectivity index (χ1) is 15.7. The maximum absolute atomic E-state index is 12.4. The number of rotatable bonds is 8. The molecule has 0 fully saturated rings. The van der Waals surface area contributed by atoms with Gasteiger partial charge in [-0.2, -0.15) is 5.10 Å². The molecule has 13 heteroatoms. The van der Waals surface area contributed by atoms with Crippen LogP contribution < -0.4 is 21.4 Å². The number of esters is 1. The molecule has 0 saturated carbocycles. The van der Waals surface area contributed by atoms with Crippen LogP contribution >= 0.6 is 15.9 Å². The fraction of sp³-hybridized carbons (Fsp3) is 0.300. The maximum Gasteiger partial charge on any atom is 0.344 e. The van der Waals surface area contributed by atoms with E-state index in [4.69, 9.17) is 9.47 Å². The molecule has 0 radical (unpaired) electrons. The maximum atomic E-state index is 12.4. The molecule has 33 heavy (non-hydrogen) atoms. The highest BCUT2D eigenvalue weighted by Gasteiger charge is 2.15. The van der Waals surface area contributed by atoms with Crippen molar-refractivity contribution in [2.24, 2.45) is 19.2 Å². The third-order valence-electron chi connectivity index (χ3n) is 4.54. The monoisotopic (exact) mass is 520 g/mol. The third kappa shape index (κ3) is 5.37. The van der Waals surface area contributed by atoms with Gasteiger partial charge < -0.3 is 14.0 Å². The van der Waals surface area contributed by atoms with Crippen molar-refractivity contribution in [3.8, 4) is 5.75 Å². The van der Waals surface area contributed by atoms with Crippen LogP contribution in [0.5, 0.6) is 5.75 Å². The quantitative estimate of drug-likeness (QED) is 0.255. The van der Waals surface area contributed by atoms with Crippen LogP contribution in [-0.2, 0) is 35.0 Å². The lowest BCUT2D eigenvalue weighted by Gasteiger charge is -2.09. The van der Waals surface area contributed by atoms with E-state index in [-0.39, 0.29) is 30.9 Å². The Kier molecular flexibility index (Phi) is 7.43. The number of hydrogen-bond acceptors (Lipinski definition) is 8. The Morgan fingerprint density at radius 3 is 2.73 bits per heavy atom. The van der Waals surface area contributed by atoms with E-state index in [1.165, 1.54) is 35.8 Å². The van der Waals surface area contributed by atoms with Gasteiger partial charge in [-0.25, -0.2) is 20.0 Å². The first-order valence-corrected chi connectivity index (χ1v) is 10.5. The number of ether oxygens (including phenoxy) is 2. The van der Waals surface area contributed by atoms with Crippen LogP contribution in [0.3, 0.4) is 0 Å². The van der Waals surface area contributed by atoms with Crippen molar-refractivity contribution in [1.29, 1.82) is 0 Å². The van der Waals surface area contributed by atoms with E-state index < -0.39 is 23.1 Å². The lowest BCUT2D eigenvalue weighted by molar-refractivity contribution is -0.145. The standard InChI is InChI=1S/C20H21BrN6O6/c1-4-32-16(29)10-33-14-6-5-13(21)7-12(14)8-23-24-15(28)9-27-11-22-17-18(27)25(2)20(31)26(3)19(17)30/h5-8,11H,4,9-10H2,1-3H3,(H,24,28). The first-order valence-electron chi connectivity index (χ1n) is 9.73. The lowest BCUT2D eigenvalue weighted by atomic mass is 10.2. The molecule has 0 atom stereocenters. The van der Waals surface area contributed by atoms with E-state index >= 15 is 0 Å². The summed E-state index contributed by atoms with van der Waals surface area (Å²) in [6, 6.07) is 5.07. The summed E-state index contributed by atoms with van der Waals surface area (Å²) in [5, 5.41) is 3.93. The van der Waals surface area contributed by atoms with Crippen molar-refractivity contribution in [2.75, 3.05) is 13.2 Å². The number of aromatic nitrogens is 4. The molecule has 2 heterocycles. The van der Waals surface area contributed by atoms with Gasteiger partial charge in [-0.05, 0) is 25.1 Å². The zero-order valence-electron chi connectivity index (χ0n) is 18.1. The second kappa shape index (κ2) is 10.3. The Balaban J connectivity index is 1.73. The van der Waals surface area contributed by atoms with Crippen LogP contribution in [0.4, 0.5) is 0 Å². The molecule has 1 aromatic carbocycles. The molecule has 1 amide bonds. The Morgan fingerprint density at radius 2 is 2.00 bits per heavy atom. The molecule has 1 N–H and O–H groups in total. The van der Waals surface area contributed by atoms with Crippen molar-refractivity contribution >= 4 is 45.2 Å². The Bertz CT molecular complexity index is 1360. The molecule has 2 aromatic heterocycles. The van der Waals surface area contributed by atoms with Gasteiger partial charge in [0.1, 0.15) is 17.9 Å². The fourth-order valence-corrected chi connectivity index (χ4v) is 3.39. The smallest absolute Gasteiger partial charge is 0.344 e. The van der Waals surface area contributed by atoms with Gasteiger partial charge in [-0.15, -0.1) is 0 Å². The molecule has 12 nitrogen and oxygen atoms in total. The first kappa shape index (κ1) is 23.9. The second-order valence-corrected chi connectivity index (χ2v) is 7.74. The zero-order valence-corrected chi connectivity index (χ0v) is 19.7. The summed E-state index contributed by atoms with van der Waals surface area (Å²) in [7, 11) is 2.85. The number of benzene rings is 1. The average molecular weight is 521 g/mol. The zero-order chi connectivity index (χ0) is 24.1. The fourth-order valence-electron chi connectivity index (χ4n) is 3.01. The summed E-state index contributed by atoms with van der Waals surface area (Å²) in [5.41, 5.74) is 2.11. The molecular weight excluding hydrogens is 500 g/mol. The Hall–Kier alpha value is -3.74. The van der Waals surface area contributed by atoms with Crippen LogP contribution in [0.1, 0.15) is 12.5 Å². The number of hydrogen-bond donors (Lipinski definition) is 1. The number of carbonyl (C=O) groups is 2. The molecule has 0 aliphatic heterocycles. The summed E-state index contributed by atoms with van der Waals surface area (Å²) in [6.07, 6.45) is 2.67. The number of nitrogens with one attached hydrogen (secondary N) is 1. The van der Waals surface area contributed by atoms with Gasteiger partial charge in [0.15, 0.2) is 12.1 Å². The molecule has 3 rings (SSSR count). The molecular formula is C20H21BrN6O6. The van der Waals surface area contributed by atoms with E-state index in [2.05, 4.69) is 31.4 Å². The van der Waals surface area contributed by atoms with E-state index in [1.807, 2.05) is 0 Å². The van der Waals surface area contributed by atoms with Gasteiger partial charge >= 0.3 is 11.7 Å². The van der Waals surface area contributed by atoms with Crippen LogP contribution in [0, 0.1) is 0 Å². The highest BCUT2D eigenvalue weighted by atomic mass is 79.9. The van der Waals surface area contributed by atoms with Gasteiger partial charge in [0, 0.05) is 24.1 Å². The summed E-state index contributed by atoms with van der Waals surface area (Å²) in [5.74, 6) is -0.647. The summed E-state index contributed by atoms with van der Waals surface area (Å²) >= 11 is 3.35. The number of aryl methyl sites for hydroxylation is 1. The van der Waals surface area contributed by atoms with Gasteiger partial charge in [0.25, 0.3) is 11.5 Å². The number of imidazole rings is 1. The topological polar surface area (TPSA) is 139 Å². The van der Waals surface area contributed by atoms with Crippen LogP contribution in [0.2, 0.25) is 0 Å². The third-order valence-corrected chi connectivity index (χ3v) is 5.03. The van der Waals surface area contributed by atoms with Crippen molar-refractivity contribution in [3.05, 3.63) is 55.4 Å². The van der Waals surface area contributed by atoms with E-state index in [1.54, 1.807) is 25.1 Å². The van der Waals surface area contributed by atoms with Crippen LogP contribution in [0.25, 0.3) is 11.2 Å². The van der Waals surface area contributed by atoms with Crippen molar-refractivity contribution < 1.29 is 19.1 Å². The predicted molar refractivity (Wildman–Crippen MR) is 122 cm³/mol. The molecule has 174 valence electrons. The Morgan fingerprint density at radius 1 is 1.24 bits per heavy atom. The molecule has 0 aliphatic carbocycles. The molecule has 0 unspecified atom stereocenters. The summed E-state index contributed by atoms with van der Waals surface area (Å²) in [4.78, 5) is 52.3. The molecule has 0 bridgehead atoms. The minimum Gasteiger partial charge on any atom is -0.481 e. The highest BCUT2D eigenvalue weighted by Crippen LogP contribution is 2.21. The minimum absolute atomic E-state index is 0.0772. The second-order valence-electron chi connectivity index (χ2n) is 6.82. The van der Waals surface area contributed by atoms with Gasteiger partial charge in [0.2, 0.25) is 0 Å². The molecule has 0 aliphatic rings. The summed E-state index contributed by atoms with van der Waals surface area (Å²) in [6.45, 7) is 1.45.